The number of hydrogen-bond acceptors (Lipinski definition) is 4. The van der Waals surface area contributed by atoms with E-state index in [4.69, 9.17) is 4.42 Å². The number of nitrogens with one attached hydrogen (secondary N) is 2. The number of rotatable bonds is 5. The Morgan fingerprint density at radius 2 is 2.11 bits per heavy atom. The summed E-state index contributed by atoms with van der Waals surface area (Å²) in [5.74, 6) is 0.882. The first-order valence-corrected chi connectivity index (χ1v) is 9.03. The molecule has 1 aliphatic rings. The molecule has 1 aromatic carbocycles. The lowest BCUT2D eigenvalue weighted by Gasteiger charge is -2.19. The van der Waals surface area contributed by atoms with E-state index in [0.29, 0.717) is 30.0 Å². The van der Waals surface area contributed by atoms with Crippen LogP contribution in [0.25, 0.3) is 0 Å². The summed E-state index contributed by atoms with van der Waals surface area (Å²) in [6.45, 7) is 6.60. The third-order valence-corrected chi connectivity index (χ3v) is 4.82. The topological polar surface area (TPSA) is 65.7 Å². The van der Waals surface area contributed by atoms with E-state index >= 15 is 0 Å². The molecule has 0 amide bonds. The molecule has 0 saturated carbocycles. The second-order valence-electron chi connectivity index (χ2n) is 6.75. The summed E-state index contributed by atoms with van der Waals surface area (Å²) in [5, 5.41) is 6.49. The van der Waals surface area contributed by atoms with Gasteiger partial charge in [0, 0.05) is 38.4 Å². The fourth-order valence-electron chi connectivity index (χ4n) is 3.15. The lowest BCUT2D eigenvalue weighted by molar-refractivity contribution is 0.463. The van der Waals surface area contributed by atoms with Gasteiger partial charge in [0.15, 0.2) is 17.6 Å². The van der Waals surface area contributed by atoms with Crippen molar-refractivity contribution in [1.29, 1.82) is 0 Å². The van der Waals surface area contributed by atoms with Gasteiger partial charge in [0.05, 0.1) is 12.2 Å². The van der Waals surface area contributed by atoms with Gasteiger partial charge < -0.3 is 20.0 Å². The molecular weight excluding hydrogens is 352 g/mol. The van der Waals surface area contributed by atoms with E-state index < -0.39 is 11.6 Å². The maximum absolute atomic E-state index is 13.4. The third-order valence-electron chi connectivity index (χ3n) is 4.82. The molecular formula is C19H25F2N5O. The van der Waals surface area contributed by atoms with Gasteiger partial charge in [-0.1, -0.05) is 0 Å². The molecule has 1 fully saturated rings. The van der Waals surface area contributed by atoms with Crippen LogP contribution in [0.5, 0.6) is 0 Å². The Kier molecular flexibility index (Phi) is 5.93. The standard InChI is InChI=1S/C19H25F2N5O/c1-12-13(2)27-18(25-12)10-24-19(22-3)23-9-14-6-7-26(11-14)15-4-5-16(20)17(21)8-15/h4-5,8,14H,6-7,9-11H2,1-3H3,(H2,22,23,24). The zero-order valence-corrected chi connectivity index (χ0v) is 15.9. The number of hydrogen-bond donors (Lipinski definition) is 2. The molecule has 6 nitrogen and oxygen atoms in total. The number of nitrogens with zero attached hydrogens (tertiary/aromatic N) is 3. The second kappa shape index (κ2) is 8.37. The molecule has 3 rings (SSSR count). The summed E-state index contributed by atoms with van der Waals surface area (Å²) in [4.78, 5) is 10.6. The van der Waals surface area contributed by atoms with Crippen LogP contribution in [-0.2, 0) is 6.54 Å². The van der Waals surface area contributed by atoms with Gasteiger partial charge in [0.25, 0.3) is 0 Å². The Bertz CT molecular complexity index is 801. The molecule has 146 valence electrons. The van der Waals surface area contributed by atoms with Crippen molar-refractivity contribution in [3.05, 3.63) is 47.2 Å². The monoisotopic (exact) mass is 377 g/mol. The minimum Gasteiger partial charge on any atom is -0.444 e. The van der Waals surface area contributed by atoms with Gasteiger partial charge in [0.1, 0.15) is 5.76 Å². The SMILES string of the molecule is CN=C(NCc1nc(C)c(C)o1)NCC1CCN(c2ccc(F)c(F)c2)C1. The molecule has 2 heterocycles. The van der Waals surface area contributed by atoms with Crippen molar-refractivity contribution < 1.29 is 13.2 Å². The van der Waals surface area contributed by atoms with E-state index in [1.54, 1.807) is 13.1 Å². The number of aliphatic imine (C=N–C) groups is 1. The maximum Gasteiger partial charge on any atom is 0.214 e. The van der Waals surface area contributed by atoms with Crippen molar-refractivity contribution in [2.24, 2.45) is 10.9 Å². The number of anilines is 1. The van der Waals surface area contributed by atoms with Crippen LogP contribution >= 0.6 is 0 Å². The number of guanidine groups is 1. The average molecular weight is 377 g/mol. The first-order chi connectivity index (χ1) is 13.0. The van der Waals surface area contributed by atoms with Crippen molar-refractivity contribution >= 4 is 11.6 Å². The lowest BCUT2D eigenvalue weighted by atomic mass is 10.1. The fraction of sp³-hybridized carbons (Fsp3) is 0.474. The predicted octanol–water partition coefficient (Wildman–Crippen LogP) is 2.76. The highest BCUT2D eigenvalue weighted by atomic mass is 19.2. The highest BCUT2D eigenvalue weighted by Gasteiger charge is 2.23. The van der Waals surface area contributed by atoms with Crippen LogP contribution in [0.1, 0.15) is 23.8 Å². The highest BCUT2D eigenvalue weighted by molar-refractivity contribution is 5.79. The van der Waals surface area contributed by atoms with E-state index in [9.17, 15) is 8.78 Å². The quantitative estimate of drug-likeness (QED) is 0.620. The second-order valence-corrected chi connectivity index (χ2v) is 6.75. The largest absolute Gasteiger partial charge is 0.444 e. The summed E-state index contributed by atoms with van der Waals surface area (Å²) in [7, 11) is 1.71. The molecule has 0 radical (unpaired) electrons. The first-order valence-electron chi connectivity index (χ1n) is 9.03. The van der Waals surface area contributed by atoms with Gasteiger partial charge in [-0.15, -0.1) is 0 Å². The van der Waals surface area contributed by atoms with Gasteiger partial charge in [0.2, 0.25) is 5.89 Å². The van der Waals surface area contributed by atoms with Crippen LogP contribution in [0.2, 0.25) is 0 Å². The smallest absolute Gasteiger partial charge is 0.214 e. The van der Waals surface area contributed by atoms with Gasteiger partial charge in [-0.2, -0.15) is 0 Å². The molecule has 1 unspecified atom stereocenters. The van der Waals surface area contributed by atoms with E-state index in [0.717, 1.165) is 37.5 Å². The Balaban J connectivity index is 1.47. The van der Waals surface area contributed by atoms with Crippen LogP contribution in [0.4, 0.5) is 14.5 Å². The van der Waals surface area contributed by atoms with Crippen molar-refractivity contribution in [3.63, 3.8) is 0 Å². The van der Waals surface area contributed by atoms with Crippen LogP contribution in [0.15, 0.2) is 27.6 Å². The Hall–Kier alpha value is -2.64. The summed E-state index contributed by atoms with van der Waals surface area (Å²) in [5.41, 5.74) is 1.60. The number of aromatic nitrogens is 1. The first kappa shape index (κ1) is 19.1. The normalized spacial score (nSPS) is 17.4. The zero-order chi connectivity index (χ0) is 19.4. The van der Waals surface area contributed by atoms with E-state index in [1.165, 1.54) is 12.1 Å². The molecule has 1 saturated heterocycles. The molecule has 0 spiro atoms. The number of halogens is 2. The average Bonchev–Trinajstić information content (AvgIpc) is 3.24. The molecule has 1 aliphatic heterocycles. The molecule has 0 aliphatic carbocycles. The van der Waals surface area contributed by atoms with Crippen LogP contribution < -0.4 is 15.5 Å². The zero-order valence-electron chi connectivity index (χ0n) is 15.9. The molecule has 8 heteroatoms. The van der Waals surface area contributed by atoms with E-state index in [-0.39, 0.29) is 0 Å². The number of oxazole rings is 1. The van der Waals surface area contributed by atoms with Crippen molar-refractivity contribution in [2.75, 3.05) is 31.6 Å². The van der Waals surface area contributed by atoms with E-state index in [1.807, 2.05) is 13.8 Å². The molecule has 1 atom stereocenters. The maximum atomic E-state index is 13.4. The highest BCUT2D eigenvalue weighted by Crippen LogP contribution is 2.25. The van der Waals surface area contributed by atoms with Crippen molar-refractivity contribution in [3.8, 4) is 0 Å². The lowest BCUT2D eigenvalue weighted by Crippen LogP contribution is -2.40. The number of aryl methyl sites for hydroxylation is 2. The summed E-state index contributed by atoms with van der Waals surface area (Å²) < 4.78 is 32.1. The number of benzene rings is 1. The summed E-state index contributed by atoms with van der Waals surface area (Å²) in [6, 6.07) is 4.05. The minimum atomic E-state index is -0.817. The predicted molar refractivity (Wildman–Crippen MR) is 101 cm³/mol. The van der Waals surface area contributed by atoms with Gasteiger partial charge in [-0.3, -0.25) is 4.99 Å². The van der Waals surface area contributed by atoms with Gasteiger partial charge in [-0.25, -0.2) is 13.8 Å². The van der Waals surface area contributed by atoms with Gasteiger partial charge in [-0.05, 0) is 38.3 Å². The fourth-order valence-corrected chi connectivity index (χ4v) is 3.15. The van der Waals surface area contributed by atoms with Crippen LogP contribution in [-0.4, -0.2) is 37.6 Å². The Morgan fingerprint density at radius 1 is 1.30 bits per heavy atom. The van der Waals surface area contributed by atoms with Crippen LogP contribution in [0, 0.1) is 31.4 Å². The molecule has 1 aromatic heterocycles. The van der Waals surface area contributed by atoms with Crippen LogP contribution in [0.3, 0.4) is 0 Å². The Labute approximate surface area is 157 Å². The van der Waals surface area contributed by atoms with Gasteiger partial charge >= 0.3 is 0 Å². The third kappa shape index (κ3) is 4.75. The van der Waals surface area contributed by atoms with E-state index in [2.05, 4.69) is 25.5 Å². The molecule has 27 heavy (non-hydrogen) atoms. The van der Waals surface area contributed by atoms with Crippen molar-refractivity contribution in [1.82, 2.24) is 15.6 Å². The summed E-state index contributed by atoms with van der Waals surface area (Å²) in [6.07, 6.45) is 0.973. The van der Waals surface area contributed by atoms with Crippen molar-refractivity contribution in [2.45, 2.75) is 26.8 Å². The summed E-state index contributed by atoms with van der Waals surface area (Å²) >= 11 is 0. The molecule has 2 aromatic rings. The Morgan fingerprint density at radius 3 is 2.78 bits per heavy atom. The molecule has 0 bridgehead atoms. The molecule has 2 N–H and O–H groups in total. The minimum absolute atomic E-state index is 0.392.